The summed E-state index contributed by atoms with van der Waals surface area (Å²) in [5, 5.41) is 5.14. The van der Waals surface area contributed by atoms with E-state index < -0.39 is 5.60 Å². The Balaban J connectivity index is 2.39. The van der Waals surface area contributed by atoms with Gasteiger partial charge in [-0.2, -0.15) is 0 Å². The van der Waals surface area contributed by atoms with Gasteiger partial charge >= 0.3 is 0 Å². The van der Waals surface area contributed by atoms with Gasteiger partial charge in [0.15, 0.2) is 0 Å². The largest absolute Gasteiger partial charge is 0.493 e. The van der Waals surface area contributed by atoms with Gasteiger partial charge in [0.1, 0.15) is 11.4 Å². The number of carbonyl (C=O) groups excluding carboxylic acids is 1. The van der Waals surface area contributed by atoms with Crippen molar-refractivity contribution in [3.63, 3.8) is 0 Å². The third-order valence-electron chi connectivity index (χ3n) is 4.98. The summed E-state index contributed by atoms with van der Waals surface area (Å²) >= 11 is 0. The number of nitrogens with one attached hydrogen (secondary N) is 1. The summed E-state index contributed by atoms with van der Waals surface area (Å²) in [5.74, 6) is 1.91. The fourth-order valence-electron chi connectivity index (χ4n) is 3.85. The number of fused-ring (bicyclic) bond motifs is 1. The number of hydrogen-bond acceptors (Lipinski definition) is 3. The van der Waals surface area contributed by atoms with Crippen LogP contribution in [0.1, 0.15) is 54.4 Å². The molecule has 160 valence electrons. The van der Waals surface area contributed by atoms with E-state index in [4.69, 9.17) is 9.47 Å². The van der Waals surface area contributed by atoms with E-state index in [0.717, 1.165) is 22.2 Å². The second-order valence-corrected chi connectivity index (χ2v) is 9.21. The fraction of sp³-hybridized carbons (Fsp3) is 0.560. The number of benzene rings is 2. The van der Waals surface area contributed by atoms with E-state index in [2.05, 4.69) is 46.9 Å². The molecule has 2 aromatic rings. The number of hydrogen-bond donors (Lipinski definition) is 1. The van der Waals surface area contributed by atoms with Crippen LogP contribution in [-0.4, -0.2) is 25.2 Å². The molecule has 0 fully saturated rings. The smallest absolute Gasteiger partial charge is 0.256 e. The molecular weight excluding hydrogens is 362 g/mol. The molecule has 0 aliphatic heterocycles. The van der Waals surface area contributed by atoms with E-state index in [1.807, 2.05) is 36.4 Å². The van der Waals surface area contributed by atoms with Crippen molar-refractivity contribution in [2.45, 2.75) is 60.0 Å². The van der Waals surface area contributed by atoms with Gasteiger partial charge in [0.05, 0.1) is 6.61 Å². The quantitative estimate of drug-likeness (QED) is 0.511. The molecule has 0 heterocycles. The van der Waals surface area contributed by atoms with Crippen molar-refractivity contribution in [1.82, 2.24) is 0 Å². The zero-order valence-corrected chi connectivity index (χ0v) is 19.0. The summed E-state index contributed by atoms with van der Waals surface area (Å²) in [7, 11) is 1.64. The molecule has 2 aromatic carbocycles. The van der Waals surface area contributed by atoms with Crippen LogP contribution in [0.2, 0.25) is 0 Å². The normalized spacial score (nSPS) is 12.2. The highest BCUT2D eigenvalue weighted by Gasteiger charge is 2.40. The van der Waals surface area contributed by atoms with E-state index in [0.29, 0.717) is 37.2 Å². The van der Waals surface area contributed by atoms with Gasteiger partial charge in [-0.25, -0.2) is 0 Å². The molecule has 0 aromatic heterocycles. The molecule has 0 aliphatic rings. The molecule has 0 unspecified atom stereocenters. The molecule has 0 aliphatic carbocycles. The topological polar surface area (TPSA) is 47.6 Å². The van der Waals surface area contributed by atoms with Gasteiger partial charge in [-0.15, -0.1) is 0 Å². The van der Waals surface area contributed by atoms with Gasteiger partial charge < -0.3 is 14.8 Å². The zero-order valence-electron chi connectivity index (χ0n) is 19.0. The molecule has 4 nitrogen and oxygen atoms in total. The summed E-state index contributed by atoms with van der Waals surface area (Å²) in [6.07, 6.45) is 1.36. The van der Waals surface area contributed by atoms with Crippen molar-refractivity contribution in [2.24, 2.45) is 17.8 Å². The highest BCUT2D eigenvalue weighted by molar-refractivity contribution is 6.06. The van der Waals surface area contributed by atoms with Crippen LogP contribution >= 0.6 is 0 Å². The Bertz CT molecular complexity index is 801. The maximum absolute atomic E-state index is 13.4. The fourth-order valence-corrected chi connectivity index (χ4v) is 3.85. The molecule has 29 heavy (non-hydrogen) atoms. The van der Waals surface area contributed by atoms with E-state index in [-0.39, 0.29) is 5.91 Å². The van der Waals surface area contributed by atoms with Crippen molar-refractivity contribution in [3.05, 3.63) is 36.4 Å². The van der Waals surface area contributed by atoms with Crippen LogP contribution in [0.15, 0.2) is 36.4 Å². The predicted octanol–water partition coefficient (Wildman–Crippen LogP) is 6.29. The number of methoxy groups -OCH3 is 1. The van der Waals surface area contributed by atoms with E-state index in [1.54, 1.807) is 7.11 Å². The maximum Gasteiger partial charge on any atom is 0.256 e. The lowest BCUT2D eigenvalue weighted by Gasteiger charge is -2.34. The Morgan fingerprint density at radius 2 is 1.48 bits per heavy atom. The molecular formula is C25H37NO3. The van der Waals surface area contributed by atoms with Gasteiger partial charge in [-0.1, -0.05) is 65.8 Å². The van der Waals surface area contributed by atoms with Crippen molar-refractivity contribution in [1.29, 1.82) is 0 Å². The molecule has 0 radical (unpaired) electrons. The van der Waals surface area contributed by atoms with E-state index in [9.17, 15) is 4.79 Å². The van der Waals surface area contributed by atoms with Crippen molar-refractivity contribution >= 4 is 22.4 Å². The van der Waals surface area contributed by atoms with Crippen LogP contribution in [0, 0.1) is 17.8 Å². The third kappa shape index (κ3) is 5.96. The Kier molecular flexibility index (Phi) is 8.09. The minimum Gasteiger partial charge on any atom is -0.493 e. The third-order valence-corrected chi connectivity index (χ3v) is 4.98. The summed E-state index contributed by atoms with van der Waals surface area (Å²) in [6.45, 7) is 13.4. The van der Waals surface area contributed by atoms with Gasteiger partial charge in [0, 0.05) is 23.6 Å². The minimum absolute atomic E-state index is 0.0802. The van der Waals surface area contributed by atoms with Crippen molar-refractivity contribution < 1.29 is 14.3 Å². The van der Waals surface area contributed by atoms with Gasteiger partial charge in [-0.3, -0.25) is 4.79 Å². The van der Waals surface area contributed by atoms with Gasteiger partial charge in [0.2, 0.25) is 0 Å². The molecule has 1 N–H and O–H groups in total. The molecule has 4 heteroatoms. The average Bonchev–Trinajstić information content (AvgIpc) is 2.65. The summed E-state index contributed by atoms with van der Waals surface area (Å²) < 4.78 is 11.9. The number of amides is 1. The Hall–Kier alpha value is -2.07. The van der Waals surface area contributed by atoms with E-state index in [1.165, 1.54) is 0 Å². The summed E-state index contributed by atoms with van der Waals surface area (Å²) in [4.78, 5) is 13.4. The monoisotopic (exact) mass is 399 g/mol. The molecule has 1 amide bonds. The average molecular weight is 400 g/mol. The van der Waals surface area contributed by atoms with Crippen LogP contribution in [0.25, 0.3) is 10.8 Å². The predicted molar refractivity (Wildman–Crippen MR) is 122 cm³/mol. The van der Waals surface area contributed by atoms with Crippen LogP contribution in [0.5, 0.6) is 5.75 Å². The lowest BCUT2D eigenvalue weighted by molar-refractivity contribution is -0.142. The SMILES string of the molecule is COC(CC(C)C)(CC(C)C)C(=O)Nc1ccc(OCC(C)C)c2ccccc12. The number of rotatable bonds is 10. The molecule has 0 bridgehead atoms. The number of anilines is 1. The molecule has 0 saturated heterocycles. The minimum atomic E-state index is -0.837. The summed E-state index contributed by atoms with van der Waals surface area (Å²) in [5.41, 5.74) is -0.0487. The van der Waals surface area contributed by atoms with Gasteiger partial charge in [0.25, 0.3) is 5.91 Å². The first-order valence-electron chi connectivity index (χ1n) is 10.7. The standard InChI is InChI=1S/C25H37NO3/c1-17(2)14-25(28-7,15-18(3)4)24(27)26-22-12-13-23(29-16-19(5)6)21-11-9-8-10-20(21)22/h8-13,17-19H,14-16H2,1-7H3,(H,26,27). The van der Waals surface area contributed by atoms with Crippen molar-refractivity contribution in [2.75, 3.05) is 19.0 Å². The van der Waals surface area contributed by atoms with Crippen molar-refractivity contribution in [3.8, 4) is 5.75 Å². The zero-order chi connectivity index (χ0) is 21.6. The van der Waals surface area contributed by atoms with Gasteiger partial charge in [-0.05, 0) is 42.7 Å². The lowest BCUT2D eigenvalue weighted by atomic mass is 9.84. The molecule has 0 spiro atoms. The van der Waals surface area contributed by atoms with Crippen LogP contribution in [0.3, 0.4) is 0 Å². The molecule has 2 rings (SSSR count). The Morgan fingerprint density at radius 3 is 2.00 bits per heavy atom. The first-order chi connectivity index (χ1) is 13.7. The second kappa shape index (κ2) is 10.1. The van der Waals surface area contributed by atoms with Crippen LogP contribution in [-0.2, 0) is 9.53 Å². The second-order valence-electron chi connectivity index (χ2n) is 9.21. The van der Waals surface area contributed by atoms with Crippen LogP contribution < -0.4 is 10.1 Å². The maximum atomic E-state index is 13.4. The van der Waals surface area contributed by atoms with E-state index >= 15 is 0 Å². The Morgan fingerprint density at radius 1 is 0.897 bits per heavy atom. The lowest BCUT2D eigenvalue weighted by Crippen LogP contribution is -2.47. The number of carbonyl (C=O) groups is 1. The Labute approximate surface area is 176 Å². The molecule has 0 atom stereocenters. The number of ether oxygens (including phenoxy) is 2. The highest BCUT2D eigenvalue weighted by atomic mass is 16.5. The molecule has 0 saturated carbocycles. The first kappa shape index (κ1) is 23.2. The highest BCUT2D eigenvalue weighted by Crippen LogP contribution is 2.34. The van der Waals surface area contributed by atoms with Crippen LogP contribution in [0.4, 0.5) is 5.69 Å². The first-order valence-corrected chi connectivity index (χ1v) is 10.7. The summed E-state index contributed by atoms with van der Waals surface area (Å²) in [6, 6.07) is 11.9.